The average Bonchev–Trinajstić information content (AvgIpc) is 3.17. The fraction of sp³-hybridized carbons (Fsp3) is 0.775. The number of allylic oxidation sites excluding steroid dienone is 1. The average molecular weight is 792 g/mol. The van der Waals surface area contributed by atoms with Crippen LogP contribution in [0.1, 0.15) is 94.4 Å². The van der Waals surface area contributed by atoms with E-state index in [-0.39, 0.29) is 25.3 Å². The third kappa shape index (κ3) is 11.3. The first-order valence-electron chi connectivity index (χ1n) is 20.0. The molecule has 11 atom stereocenters. The van der Waals surface area contributed by atoms with Crippen molar-refractivity contribution in [2.75, 3.05) is 27.7 Å². The number of piperidine rings is 1. The van der Waals surface area contributed by atoms with Crippen LogP contribution in [0, 0.1) is 23.7 Å². The molecular weight excluding hydrogens is 722 g/mol. The SMILES string of the molecule is C=C[C@H](C)C[C@@H]1NC(=O)[C@H]([C@H](O)C(C)C)N(C)C(=O)[C@H](C)N(C)C(=O)[C@@H]([C@H](C)CC)NC(=O)[C@@H]([C@H](O)C(C)C)NC(=O)[C@H]2CCCCN2C(=O)[C@H](C)N(C)C1=O. The Hall–Kier alpha value is -4.05. The van der Waals surface area contributed by atoms with E-state index in [9.17, 15) is 43.8 Å². The fourth-order valence-corrected chi connectivity index (χ4v) is 7.06. The minimum absolute atomic E-state index is 0.0848. The second-order valence-corrected chi connectivity index (χ2v) is 16.5. The Morgan fingerprint density at radius 1 is 0.696 bits per heavy atom. The number of nitrogens with zero attached hydrogens (tertiary/aromatic N) is 4. The van der Waals surface area contributed by atoms with Crippen molar-refractivity contribution in [3.05, 3.63) is 12.7 Å². The van der Waals surface area contributed by atoms with Crippen LogP contribution in [0.3, 0.4) is 0 Å². The first-order valence-corrected chi connectivity index (χ1v) is 20.0. The second kappa shape index (κ2) is 20.9. The van der Waals surface area contributed by atoms with Gasteiger partial charge in [-0.3, -0.25) is 33.6 Å². The van der Waals surface area contributed by atoms with Gasteiger partial charge in [-0.1, -0.05) is 61.0 Å². The van der Waals surface area contributed by atoms with E-state index in [2.05, 4.69) is 22.5 Å². The van der Waals surface area contributed by atoms with Crippen LogP contribution in [-0.4, -0.2) is 153 Å². The third-order valence-electron chi connectivity index (χ3n) is 11.7. The van der Waals surface area contributed by atoms with Crippen molar-refractivity contribution in [3.8, 4) is 0 Å². The van der Waals surface area contributed by atoms with Gasteiger partial charge in [0, 0.05) is 27.7 Å². The van der Waals surface area contributed by atoms with Gasteiger partial charge in [-0.15, -0.1) is 6.58 Å². The summed E-state index contributed by atoms with van der Waals surface area (Å²) in [5.41, 5.74) is 0. The number of carbonyl (C=O) groups excluding carboxylic acids is 7. The summed E-state index contributed by atoms with van der Waals surface area (Å²) in [6, 6.07) is -8.70. The van der Waals surface area contributed by atoms with Crippen LogP contribution in [-0.2, 0) is 33.6 Å². The number of hydrogen-bond donors (Lipinski definition) is 5. The predicted molar refractivity (Wildman–Crippen MR) is 211 cm³/mol. The van der Waals surface area contributed by atoms with Gasteiger partial charge in [0.1, 0.15) is 42.3 Å². The summed E-state index contributed by atoms with van der Waals surface area (Å²) >= 11 is 0. The van der Waals surface area contributed by atoms with Crippen molar-refractivity contribution in [2.45, 2.75) is 149 Å². The lowest BCUT2D eigenvalue weighted by atomic mass is 9.94. The number of aliphatic hydroxyl groups excluding tert-OH is 2. The molecule has 16 nitrogen and oxygen atoms in total. The number of hydrogen-bond acceptors (Lipinski definition) is 9. The second-order valence-electron chi connectivity index (χ2n) is 16.5. The van der Waals surface area contributed by atoms with E-state index in [1.807, 2.05) is 6.92 Å². The van der Waals surface area contributed by atoms with E-state index < -0.39 is 114 Å². The molecule has 2 aliphatic heterocycles. The summed E-state index contributed by atoms with van der Waals surface area (Å²) < 4.78 is 0. The molecule has 0 aromatic carbocycles. The summed E-state index contributed by atoms with van der Waals surface area (Å²) in [7, 11) is 4.15. The van der Waals surface area contributed by atoms with Crippen molar-refractivity contribution >= 4 is 41.4 Å². The molecule has 2 saturated heterocycles. The summed E-state index contributed by atoms with van der Waals surface area (Å²) in [4.78, 5) is 104. The summed E-state index contributed by atoms with van der Waals surface area (Å²) in [5.74, 6) is -6.53. The summed E-state index contributed by atoms with van der Waals surface area (Å²) in [6.07, 6.45) is 0.837. The lowest BCUT2D eigenvalue weighted by Crippen LogP contribution is -2.64. The molecule has 0 aliphatic carbocycles. The molecule has 2 rings (SSSR count). The van der Waals surface area contributed by atoms with E-state index in [1.165, 1.54) is 44.8 Å². The van der Waals surface area contributed by atoms with Crippen LogP contribution in [0.25, 0.3) is 0 Å². The largest absolute Gasteiger partial charge is 0.390 e. The molecule has 5 N–H and O–H groups in total. The van der Waals surface area contributed by atoms with Gasteiger partial charge in [0.2, 0.25) is 41.4 Å². The molecule has 56 heavy (non-hydrogen) atoms. The van der Waals surface area contributed by atoms with Gasteiger partial charge < -0.3 is 45.8 Å². The zero-order valence-electron chi connectivity index (χ0n) is 35.6. The highest BCUT2D eigenvalue weighted by Crippen LogP contribution is 2.23. The molecule has 318 valence electrons. The highest BCUT2D eigenvalue weighted by Gasteiger charge is 2.44. The molecule has 0 bridgehead atoms. The van der Waals surface area contributed by atoms with Crippen LogP contribution < -0.4 is 16.0 Å². The van der Waals surface area contributed by atoms with Gasteiger partial charge in [0.05, 0.1) is 12.2 Å². The Balaban J connectivity index is 2.83. The van der Waals surface area contributed by atoms with Gasteiger partial charge in [-0.2, -0.15) is 0 Å². The minimum atomic E-state index is -1.50. The fourth-order valence-electron chi connectivity index (χ4n) is 7.06. The maximum Gasteiger partial charge on any atom is 0.246 e. The van der Waals surface area contributed by atoms with E-state index in [4.69, 9.17) is 0 Å². The Morgan fingerprint density at radius 3 is 1.77 bits per heavy atom. The molecule has 0 unspecified atom stereocenters. The number of carbonyl (C=O) groups is 7. The zero-order chi connectivity index (χ0) is 42.9. The van der Waals surface area contributed by atoms with Crippen molar-refractivity contribution in [1.29, 1.82) is 0 Å². The molecule has 2 heterocycles. The molecule has 16 heteroatoms. The summed E-state index contributed by atoms with van der Waals surface area (Å²) in [6.45, 7) is 19.1. The van der Waals surface area contributed by atoms with Crippen molar-refractivity contribution in [1.82, 2.24) is 35.6 Å². The molecule has 7 amide bonds. The Bertz CT molecular complexity index is 1440. The number of rotatable bonds is 9. The maximum atomic E-state index is 14.2. The maximum absolute atomic E-state index is 14.2. The Morgan fingerprint density at radius 2 is 1.23 bits per heavy atom. The lowest BCUT2D eigenvalue weighted by Gasteiger charge is -2.39. The van der Waals surface area contributed by atoms with E-state index in [0.717, 1.165) is 9.80 Å². The molecule has 0 spiro atoms. The molecule has 2 fully saturated rings. The Kier molecular flexibility index (Phi) is 18.0. The minimum Gasteiger partial charge on any atom is -0.390 e. The molecule has 0 aromatic rings. The third-order valence-corrected chi connectivity index (χ3v) is 11.7. The van der Waals surface area contributed by atoms with Gasteiger partial charge in [-0.25, -0.2) is 0 Å². The highest BCUT2D eigenvalue weighted by molar-refractivity contribution is 5.98. The predicted octanol–water partition coefficient (Wildman–Crippen LogP) is 0.648. The smallest absolute Gasteiger partial charge is 0.246 e. The van der Waals surface area contributed by atoms with Gasteiger partial charge in [0.15, 0.2) is 0 Å². The van der Waals surface area contributed by atoms with Crippen molar-refractivity contribution in [3.63, 3.8) is 0 Å². The number of nitrogens with one attached hydrogen (secondary N) is 3. The monoisotopic (exact) mass is 792 g/mol. The lowest BCUT2D eigenvalue weighted by molar-refractivity contribution is -0.153. The number of likely N-dealkylation sites (N-methyl/N-ethyl adjacent to an activating group) is 3. The first kappa shape index (κ1) is 48.1. The van der Waals surface area contributed by atoms with Crippen LogP contribution in [0.15, 0.2) is 12.7 Å². The highest BCUT2D eigenvalue weighted by atomic mass is 16.3. The zero-order valence-corrected chi connectivity index (χ0v) is 35.6. The first-order chi connectivity index (χ1) is 26.0. The normalized spacial score (nSPS) is 29.6. The van der Waals surface area contributed by atoms with Gasteiger partial charge in [-0.05, 0) is 63.2 Å². The Labute approximate surface area is 333 Å². The topological polar surface area (TPSA) is 209 Å². The van der Waals surface area contributed by atoms with Crippen molar-refractivity contribution < 1.29 is 43.8 Å². The van der Waals surface area contributed by atoms with Crippen LogP contribution in [0.2, 0.25) is 0 Å². The van der Waals surface area contributed by atoms with Gasteiger partial charge >= 0.3 is 0 Å². The number of amides is 7. The van der Waals surface area contributed by atoms with E-state index >= 15 is 0 Å². The van der Waals surface area contributed by atoms with Crippen LogP contribution in [0.4, 0.5) is 0 Å². The molecule has 0 aromatic heterocycles. The quantitative estimate of drug-likeness (QED) is 0.208. The standard InChI is InChI=1S/C40H69N7O9/c1-14-23(7)20-27-39(55)44(11)26(10)38(54)47-19-17-16-18-28(47)34(50)43-30(32(48)21(3)4)35(51)42-29(24(8)15-2)40(56)45(12)25(9)37(53)46(13)31(36(52)41-27)33(49)22(5)6/h14,21-33,48-49H,1,15-20H2,2-13H3,(H,41,52)(H,42,51)(H,43,50)/t23-,24+,25-,26-,27-,28+,29+,30+,31-,32+,33+/m0/s1. The molecule has 0 saturated carbocycles. The number of aliphatic hydroxyl groups is 2. The van der Waals surface area contributed by atoms with Crippen molar-refractivity contribution in [2.24, 2.45) is 23.7 Å². The van der Waals surface area contributed by atoms with E-state index in [0.29, 0.717) is 19.3 Å². The summed E-state index contributed by atoms with van der Waals surface area (Å²) in [5, 5.41) is 30.8. The van der Waals surface area contributed by atoms with Crippen LogP contribution in [0.5, 0.6) is 0 Å². The van der Waals surface area contributed by atoms with Gasteiger partial charge in [0.25, 0.3) is 0 Å². The molecule has 0 radical (unpaired) electrons. The molecule has 2 aliphatic rings. The molecular formula is C40H69N7O9. The van der Waals surface area contributed by atoms with E-state index in [1.54, 1.807) is 47.6 Å². The van der Waals surface area contributed by atoms with Crippen LogP contribution >= 0.6 is 0 Å². The number of fused-ring (bicyclic) bond motifs is 1.